The molecule has 1 aromatic heterocycles. The van der Waals surface area contributed by atoms with Crippen molar-refractivity contribution in [2.75, 3.05) is 5.32 Å². The maximum absolute atomic E-state index is 13.8. The molecule has 108 valence electrons. The lowest BCUT2D eigenvalue weighted by Crippen LogP contribution is -2.09. The van der Waals surface area contributed by atoms with Crippen LogP contribution in [0.5, 0.6) is 0 Å². The van der Waals surface area contributed by atoms with Gasteiger partial charge in [-0.3, -0.25) is 4.68 Å². The molecule has 2 rings (SSSR count). The lowest BCUT2D eigenvalue weighted by atomic mass is 10.2. The second kappa shape index (κ2) is 6.27. The van der Waals surface area contributed by atoms with Crippen molar-refractivity contribution >= 4 is 17.3 Å². The number of aromatic nitrogens is 2. The van der Waals surface area contributed by atoms with Gasteiger partial charge in [0.05, 0.1) is 28.6 Å². The first-order chi connectivity index (χ1) is 9.56. The van der Waals surface area contributed by atoms with Crippen molar-refractivity contribution in [3.05, 3.63) is 46.0 Å². The van der Waals surface area contributed by atoms with E-state index in [9.17, 15) is 4.39 Å². The van der Waals surface area contributed by atoms with Gasteiger partial charge in [-0.1, -0.05) is 24.6 Å². The van der Waals surface area contributed by atoms with E-state index in [4.69, 9.17) is 11.6 Å². The SMILES string of the molecule is CCc1nn(CC)c(CNc2ccc(C)cc2F)c1Cl. The van der Waals surface area contributed by atoms with Crippen LogP contribution in [0.15, 0.2) is 18.2 Å². The van der Waals surface area contributed by atoms with E-state index in [0.717, 1.165) is 29.9 Å². The Morgan fingerprint density at radius 2 is 2.10 bits per heavy atom. The summed E-state index contributed by atoms with van der Waals surface area (Å²) < 4.78 is 15.7. The lowest BCUT2D eigenvalue weighted by Gasteiger charge is -2.10. The molecule has 0 amide bonds. The number of hydrogen-bond acceptors (Lipinski definition) is 2. The largest absolute Gasteiger partial charge is 0.377 e. The molecule has 0 bridgehead atoms. The van der Waals surface area contributed by atoms with Crippen molar-refractivity contribution in [3.8, 4) is 0 Å². The number of nitrogens with zero attached hydrogens (tertiary/aromatic N) is 2. The Morgan fingerprint density at radius 3 is 2.70 bits per heavy atom. The molecule has 0 atom stereocenters. The Kier molecular flexibility index (Phi) is 4.65. The van der Waals surface area contributed by atoms with Gasteiger partial charge in [0.2, 0.25) is 0 Å². The van der Waals surface area contributed by atoms with Gasteiger partial charge in [0.1, 0.15) is 5.82 Å². The molecule has 0 unspecified atom stereocenters. The van der Waals surface area contributed by atoms with E-state index in [2.05, 4.69) is 10.4 Å². The highest BCUT2D eigenvalue weighted by Gasteiger charge is 2.14. The molecule has 0 saturated carbocycles. The van der Waals surface area contributed by atoms with Gasteiger partial charge in [0.15, 0.2) is 0 Å². The molecule has 0 aliphatic rings. The maximum atomic E-state index is 13.8. The number of nitrogens with one attached hydrogen (secondary N) is 1. The van der Waals surface area contributed by atoms with Crippen LogP contribution in [0.2, 0.25) is 5.02 Å². The van der Waals surface area contributed by atoms with E-state index in [1.165, 1.54) is 6.07 Å². The molecule has 1 aromatic carbocycles. The van der Waals surface area contributed by atoms with Crippen molar-refractivity contribution in [2.45, 2.75) is 40.3 Å². The molecule has 3 nitrogen and oxygen atoms in total. The van der Waals surface area contributed by atoms with Crippen LogP contribution in [-0.2, 0) is 19.5 Å². The van der Waals surface area contributed by atoms with Crippen molar-refractivity contribution in [1.82, 2.24) is 9.78 Å². The summed E-state index contributed by atoms with van der Waals surface area (Å²) in [5.74, 6) is -0.251. The minimum absolute atomic E-state index is 0.251. The fourth-order valence-electron chi connectivity index (χ4n) is 2.13. The second-order valence-electron chi connectivity index (χ2n) is 4.71. The van der Waals surface area contributed by atoms with Gasteiger partial charge in [-0.2, -0.15) is 5.10 Å². The van der Waals surface area contributed by atoms with Gasteiger partial charge in [-0.15, -0.1) is 0 Å². The molecule has 0 aliphatic carbocycles. The predicted octanol–water partition coefficient (Wildman–Crippen LogP) is 4.18. The fraction of sp³-hybridized carbons (Fsp3) is 0.400. The van der Waals surface area contributed by atoms with E-state index >= 15 is 0 Å². The zero-order chi connectivity index (χ0) is 14.7. The number of rotatable bonds is 5. The smallest absolute Gasteiger partial charge is 0.146 e. The summed E-state index contributed by atoms with van der Waals surface area (Å²) in [6, 6.07) is 5.13. The van der Waals surface area contributed by atoms with Gasteiger partial charge in [0.25, 0.3) is 0 Å². The molecule has 20 heavy (non-hydrogen) atoms. The van der Waals surface area contributed by atoms with Crippen LogP contribution in [-0.4, -0.2) is 9.78 Å². The Morgan fingerprint density at radius 1 is 1.35 bits per heavy atom. The highest BCUT2D eigenvalue weighted by molar-refractivity contribution is 6.31. The van der Waals surface area contributed by atoms with Gasteiger partial charge in [-0.25, -0.2) is 4.39 Å². The molecular formula is C15H19ClFN3. The third-order valence-corrected chi connectivity index (χ3v) is 3.70. The second-order valence-corrected chi connectivity index (χ2v) is 5.09. The maximum Gasteiger partial charge on any atom is 0.146 e. The van der Waals surface area contributed by atoms with Crippen LogP contribution in [0.25, 0.3) is 0 Å². The molecule has 5 heteroatoms. The van der Waals surface area contributed by atoms with E-state index < -0.39 is 0 Å². The first-order valence-corrected chi connectivity index (χ1v) is 7.18. The molecule has 0 saturated heterocycles. The molecule has 1 N–H and O–H groups in total. The average molecular weight is 296 g/mol. The van der Waals surface area contributed by atoms with Crippen molar-refractivity contribution in [1.29, 1.82) is 0 Å². The quantitative estimate of drug-likeness (QED) is 0.897. The van der Waals surface area contributed by atoms with Gasteiger partial charge >= 0.3 is 0 Å². The molecular weight excluding hydrogens is 277 g/mol. The summed E-state index contributed by atoms with van der Waals surface area (Å²) in [6.07, 6.45) is 0.789. The summed E-state index contributed by atoms with van der Waals surface area (Å²) >= 11 is 6.32. The first-order valence-electron chi connectivity index (χ1n) is 6.80. The van der Waals surface area contributed by atoms with Crippen LogP contribution in [0.3, 0.4) is 0 Å². The third-order valence-electron chi connectivity index (χ3n) is 3.27. The monoisotopic (exact) mass is 295 g/mol. The van der Waals surface area contributed by atoms with E-state index in [-0.39, 0.29) is 5.82 Å². The summed E-state index contributed by atoms with van der Waals surface area (Å²) in [4.78, 5) is 0. The molecule has 0 fully saturated rings. The van der Waals surface area contributed by atoms with Gasteiger partial charge in [-0.05, 0) is 38.0 Å². The first kappa shape index (κ1) is 14.9. The third kappa shape index (κ3) is 2.96. The minimum Gasteiger partial charge on any atom is -0.377 e. The summed E-state index contributed by atoms with van der Waals surface area (Å²) in [7, 11) is 0. The molecule has 0 radical (unpaired) electrons. The fourth-order valence-corrected chi connectivity index (χ4v) is 2.46. The Bertz CT molecular complexity index is 607. The van der Waals surface area contributed by atoms with Crippen LogP contribution < -0.4 is 5.32 Å². The topological polar surface area (TPSA) is 29.9 Å². The van der Waals surface area contributed by atoms with Crippen LogP contribution in [0.4, 0.5) is 10.1 Å². The molecule has 0 spiro atoms. The predicted molar refractivity (Wildman–Crippen MR) is 80.8 cm³/mol. The Balaban J connectivity index is 2.20. The van der Waals surface area contributed by atoms with Crippen LogP contribution >= 0.6 is 11.6 Å². The normalized spacial score (nSPS) is 10.8. The standard InChI is InChI=1S/C15H19ClFN3/c1-4-12-15(16)14(20(5-2)19-12)9-18-13-7-6-10(3)8-11(13)17/h6-8,18H,4-5,9H2,1-3H3. The molecule has 1 heterocycles. The highest BCUT2D eigenvalue weighted by atomic mass is 35.5. The average Bonchev–Trinajstić information content (AvgIpc) is 2.74. The van der Waals surface area contributed by atoms with Crippen LogP contribution in [0.1, 0.15) is 30.8 Å². The summed E-state index contributed by atoms with van der Waals surface area (Å²) in [5, 5.41) is 8.21. The summed E-state index contributed by atoms with van der Waals surface area (Å²) in [5.41, 5.74) is 3.16. The van der Waals surface area contributed by atoms with Gasteiger partial charge < -0.3 is 5.32 Å². The molecule has 0 aliphatic heterocycles. The number of halogens is 2. The lowest BCUT2D eigenvalue weighted by molar-refractivity contribution is 0.613. The van der Waals surface area contributed by atoms with E-state index in [1.807, 2.05) is 31.5 Å². The van der Waals surface area contributed by atoms with Crippen molar-refractivity contribution in [3.63, 3.8) is 0 Å². The Hall–Kier alpha value is -1.55. The van der Waals surface area contributed by atoms with Crippen molar-refractivity contribution < 1.29 is 4.39 Å². The number of hydrogen-bond donors (Lipinski definition) is 1. The number of benzene rings is 1. The zero-order valence-corrected chi connectivity index (χ0v) is 12.8. The summed E-state index contributed by atoms with van der Waals surface area (Å²) in [6.45, 7) is 7.10. The van der Waals surface area contributed by atoms with Gasteiger partial charge in [0, 0.05) is 6.54 Å². The number of anilines is 1. The van der Waals surface area contributed by atoms with Crippen molar-refractivity contribution in [2.24, 2.45) is 0 Å². The van der Waals surface area contributed by atoms with Crippen LogP contribution in [0, 0.1) is 12.7 Å². The highest BCUT2D eigenvalue weighted by Crippen LogP contribution is 2.23. The Labute approximate surface area is 123 Å². The van der Waals surface area contributed by atoms with E-state index in [1.54, 1.807) is 6.07 Å². The zero-order valence-electron chi connectivity index (χ0n) is 12.0. The molecule has 2 aromatic rings. The van der Waals surface area contributed by atoms with E-state index in [0.29, 0.717) is 17.3 Å². The number of aryl methyl sites for hydroxylation is 3. The minimum atomic E-state index is -0.251.